The molecule has 0 unspecified atom stereocenters. The molecule has 0 amide bonds. The van der Waals surface area contributed by atoms with Crippen molar-refractivity contribution in [2.75, 3.05) is 13.3 Å². The van der Waals surface area contributed by atoms with Crippen molar-refractivity contribution in [3.8, 4) is 0 Å². The van der Waals surface area contributed by atoms with Gasteiger partial charge in [-0.25, -0.2) is 13.4 Å². The lowest BCUT2D eigenvalue weighted by Crippen LogP contribution is -2.16. The second-order valence-electron chi connectivity index (χ2n) is 7.39. The van der Waals surface area contributed by atoms with Gasteiger partial charge >= 0.3 is 0 Å². The van der Waals surface area contributed by atoms with E-state index in [9.17, 15) is 13.2 Å². The summed E-state index contributed by atoms with van der Waals surface area (Å²) in [6.45, 7) is 0. The number of nitrogens with one attached hydrogen (secondary N) is 1. The van der Waals surface area contributed by atoms with Crippen LogP contribution in [0.25, 0.3) is 10.2 Å². The van der Waals surface area contributed by atoms with Crippen molar-refractivity contribution in [1.29, 1.82) is 0 Å². The predicted molar refractivity (Wildman–Crippen MR) is 113 cm³/mol. The molecular weight excluding hydrogens is 464 g/mol. The molecule has 5 rings (SSSR count). The predicted octanol–water partition coefficient (Wildman–Crippen LogP) is 3.70. The van der Waals surface area contributed by atoms with E-state index >= 15 is 0 Å². The fraction of sp³-hybridized carbons (Fsp3) is 0.368. The van der Waals surface area contributed by atoms with Crippen LogP contribution >= 0.6 is 27.3 Å². The van der Waals surface area contributed by atoms with Crippen LogP contribution in [0.3, 0.4) is 0 Å². The molecule has 2 aliphatic rings. The van der Waals surface area contributed by atoms with Gasteiger partial charge in [-0.15, -0.1) is 11.3 Å². The average Bonchev–Trinajstić information content (AvgIpc) is 3.25. The molecular formula is C19H19BrN2O4S2. The molecule has 1 N–H and O–H groups in total. The zero-order chi connectivity index (χ0) is 20.2. The Hall–Kier alpha value is -1.55. The van der Waals surface area contributed by atoms with Gasteiger partial charge in [0.25, 0.3) is 0 Å². The van der Waals surface area contributed by atoms with E-state index in [4.69, 9.17) is 9.40 Å². The van der Waals surface area contributed by atoms with Gasteiger partial charge in [0.05, 0.1) is 10.2 Å². The van der Waals surface area contributed by atoms with Crippen molar-refractivity contribution in [3.63, 3.8) is 0 Å². The quantitative estimate of drug-likeness (QED) is 0.557. The zero-order valence-electron chi connectivity index (χ0n) is 15.4. The zero-order valence-corrected chi connectivity index (χ0v) is 18.6. The highest BCUT2D eigenvalue weighted by Crippen LogP contribution is 2.79. The molecule has 2 saturated carbocycles. The van der Waals surface area contributed by atoms with Gasteiger partial charge in [-0.3, -0.25) is 4.79 Å². The van der Waals surface area contributed by atoms with Gasteiger partial charge < -0.3 is 9.73 Å². The number of carbonyl (C=O) groups is 1. The molecule has 2 heterocycles. The number of hydrogen-bond donors (Lipinski definition) is 1. The summed E-state index contributed by atoms with van der Waals surface area (Å²) in [5.41, 5.74) is 1.95. The summed E-state index contributed by atoms with van der Waals surface area (Å²) in [5.74, 6) is 0.272. The number of aldehydes is 1. The third-order valence-electron chi connectivity index (χ3n) is 5.31. The van der Waals surface area contributed by atoms with E-state index in [2.05, 4.69) is 46.5 Å². The van der Waals surface area contributed by atoms with Crippen LogP contribution in [0.2, 0.25) is 0 Å². The second-order valence-corrected chi connectivity index (χ2v) is 11.5. The van der Waals surface area contributed by atoms with Crippen LogP contribution in [0.1, 0.15) is 34.2 Å². The van der Waals surface area contributed by atoms with Crippen LogP contribution in [0.15, 0.2) is 39.2 Å². The van der Waals surface area contributed by atoms with Crippen LogP contribution in [0, 0.1) is 0 Å². The molecule has 0 spiro atoms. The van der Waals surface area contributed by atoms with Crippen molar-refractivity contribution in [2.45, 2.75) is 29.5 Å². The number of likely N-dealkylation sites (N-methyl/N-ethyl adjacent to an activating group) is 1. The van der Waals surface area contributed by atoms with E-state index in [1.807, 2.05) is 11.3 Å². The number of hydrogen-bond acceptors (Lipinski definition) is 7. The van der Waals surface area contributed by atoms with Crippen molar-refractivity contribution < 1.29 is 17.6 Å². The molecule has 148 valence electrons. The first-order valence-electron chi connectivity index (χ1n) is 8.67. The number of furan rings is 1. The highest BCUT2D eigenvalue weighted by atomic mass is 79.9. The van der Waals surface area contributed by atoms with E-state index in [-0.39, 0.29) is 11.5 Å². The average molecular weight is 483 g/mol. The van der Waals surface area contributed by atoms with Crippen molar-refractivity contribution in [2.24, 2.45) is 0 Å². The smallest absolute Gasteiger partial charge is 0.185 e. The van der Waals surface area contributed by atoms with Gasteiger partial charge in [-0.2, -0.15) is 0 Å². The number of benzene rings is 1. The standard InChI is InChI=1S/C12H11BrN2S.C7H8O4S/c1-14-12-5-11(12,6-12)10-15-8-4-7(13)2-3-9(8)16-10;1-12(9,10)5-7-3-2-6(4-8)11-7/h2-4,14H,5-6H2,1H3;2-4H,5H2,1H3. The molecule has 2 aliphatic carbocycles. The van der Waals surface area contributed by atoms with Crippen molar-refractivity contribution >= 4 is 53.6 Å². The minimum atomic E-state index is -3.08. The highest BCUT2D eigenvalue weighted by Gasteiger charge is 2.84. The highest BCUT2D eigenvalue weighted by molar-refractivity contribution is 9.10. The number of aromatic nitrogens is 1. The van der Waals surface area contributed by atoms with Crippen LogP contribution in [0.4, 0.5) is 0 Å². The van der Waals surface area contributed by atoms with E-state index in [1.165, 1.54) is 34.7 Å². The summed E-state index contributed by atoms with van der Waals surface area (Å²) >= 11 is 5.35. The molecule has 0 atom stereocenters. The maximum absolute atomic E-state index is 10.7. The summed E-state index contributed by atoms with van der Waals surface area (Å²) in [7, 11) is -1.01. The van der Waals surface area contributed by atoms with E-state index in [0.29, 0.717) is 23.0 Å². The molecule has 0 bridgehead atoms. The number of sulfone groups is 1. The van der Waals surface area contributed by atoms with Gasteiger partial charge in [-0.05, 0) is 50.2 Å². The van der Waals surface area contributed by atoms with Crippen LogP contribution in [-0.2, 0) is 21.0 Å². The van der Waals surface area contributed by atoms with Gasteiger partial charge in [0.2, 0.25) is 0 Å². The molecule has 0 aliphatic heterocycles. The summed E-state index contributed by atoms with van der Waals surface area (Å²) in [6.07, 6.45) is 4.19. The maximum atomic E-state index is 10.7. The summed E-state index contributed by atoms with van der Waals surface area (Å²) < 4.78 is 28.8. The van der Waals surface area contributed by atoms with Crippen molar-refractivity contribution in [3.05, 3.63) is 51.3 Å². The Kier molecular flexibility index (Phi) is 4.77. The molecule has 3 aromatic rings. The second kappa shape index (κ2) is 6.76. The number of fused-ring (bicyclic) bond motifs is 2. The molecule has 2 fully saturated rings. The lowest BCUT2D eigenvalue weighted by atomic mass is 10.2. The summed E-state index contributed by atoms with van der Waals surface area (Å²) in [4.78, 5) is 14.9. The Labute approximate surface area is 175 Å². The third-order valence-corrected chi connectivity index (χ3v) is 7.86. The van der Waals surface area contributed by atoms with E-state index in [0.717, 1.165) is 16.2 Å². The number of halogens is 1. The molecule has 1 aromatic carbocycles. The number of thiazole rings is 1. The van der Waals surface area contributed by atoms with Crippen LogP contribution in [-0.4, -0.2) is 38.5 Å². The van der Waals surface area contributed by atoms with Gasteiger partial charge in [-0.1, -0.05) is 15.9 Å². The first kappa shape index (κ1) is 19.8. The maximum Gasteiger partial charge on any atom is 0.185 e. The molecule has 28 heavy (non-hydrogen) atoms. The molecule has 9 heteroatoms. The summed E-state index contributed by atoms with van der Waals surface area (Å²) in [5, 5.41) is 4.77. The molecule has 6 nitrogen and oxygen atoms in total. The minimum absolute atomic E-state index is 0.147. The Morgan fingerprint density at radius 3 is 2.64 bits per heavy atom. The molecule has 0 saturated heterocycles. The lowest BCUT2D eigenvalue weighted by molar-refractivity contribution is 0.109. The molecule has 0 radical (unpaired) electrons. The third kappa shape index (κ3) is 3.56. The van der Waals surface area contributed by atoms with E-state index < -0.39 is 9.84 Å². The first-order valence-corrected chi connectivity index (χ1v) is 12.3. The summed E-state index contributed by atoms with van der Waals surface area (Å²) in [6, 6.07) is 9.27. The van der Waals surface area contributed by atoms with Crippen LogP contribution in [0.5, 0.6) is 0 Å². The fourth-order valence-electron chi connectivity index (χ4n) is 3.56. The SMILES string of the molecule is CNC12CC1(c1nc3cc(Br)ccc3s1)C2.CS(=O)(=O)Cc1ccc(C=O)o1. The lowest BCUT2D eigenvalue weighted by Gasteiger charge is -1.94. The Morgan fingerprint density at radius 2 is 2.07 bits per heavy atom. The number of nitrogens with zero attached hydrogens (tertiary/aromatic N) is 1. The number of rotatable bonds is 5. The topological polar surface area (TPSA) is 89.3 Å². The van der Waals surface area contributed by atoms with Crippen LogP contribution < -0.4 is 5.32 Å². The van der Waals surface area contributed by atoms with Gasteiger partial charge in [0, 0.05) is 21.7 Å². The van der Waals surface area contributed by atoms with Crippen molar-refractivity contribution in [1.82, 2.24) is 10.3 Å². The first-order chi connectivity index (χ1) is 13.2. The monoisotopic (exact) mass is 482 g/mol. The Morgan fingerprint density at radius 1 is 1.32 bits per heavy atom. The largest absolute Gasteiger partial charge is 0.457 e. The van der Waals surface area contributed by atoms with Gasteiger partial charge in [0.1, 0.15) is 16.5 Å². The van der Waals surface area contributed by atoms with Gasteiger partial charge in [0.15, 0.2) is 21.9 Å². The Balaban J connectivity index is 0.000000145. The van der Waals surface area contributed by atoms with E-state index in [1.54, 1.807) is 0 Å². The minimum Gasteiger partial charge on any atom is -0.457 e. The fourth-order valence-corrected chi connectivity index (χ4v) is 5.81. The number of carbonyl (C=O) groups excluding carboxylic acids is 1. The Bertz CT molecular complexity index is 1160. The normalized spacial score (nSPS) is 25.0. The molecule has 2 aromatic heterocycles.